The van der Waals surface area contributed by atoms with E-state index in [4.69, 9.17) is 16.7 Å². The normalized spacial score (nSPS) is 26.0. The maximum Gasteiger partial charge on any atom is 0.272 e. The van der Waals surface area contributed by atoms with Gasteiger partial charge >= 0.3 is 0 Å². The number of halogens is 1. The van der Waals surface area contributed by atoms with Crippen LogP contribution in [0.25, 0.3) is 16.9 Å². The Kier molecular flexibility index (Phi) is 6.65. The van der Waals surface area contributed by atoms with Gasteiger partial charge in [0, 0.05) is 22.7 Å². The smallest absolute Gasteiger partial charge is 0.272 e. The predicted molar refractivity (Wildman–Crippen MR) is 150 cm³/mol. The third-order valence-corrected chi connectivity index (χ3v) is 9.58. The lowest BCUT2D eigenvalue weighted by atomic mass is 9.51. The summed E-state index contributed by atoms with van der Waals surface area (Å²) in [4.78, 5) is 13.4. The van der Waals surface area contributed by atoms with Crippen LogP contribution in [0.3, 0.4) is 0 Å². The van der Waals surface area contributed by atoms with Crippen LogP contribution < -0.4 is 5.32 Å². The first-order chi connectivity index (χ1) is 17.9. The van der Waals surface area contributed by atoms with Crippen LogP contribution in [0.1, 0.15) is 72.1 Å². The van der Waals surface area contributed by atoms with Crippen LogP contribution in [-0.2, 0) is 0 Å². The molecule has 4 saturated carbocycles. The van der Waals surface area contributed by atoms with Crippen LogP contribution >= 0.6 is 11.6 Å². The summed E-state index contributed by atoms with van der Waals surface area (Å²) < 4.78 is 1.92. The molecule has 37 heavy (non-hydrogen) atoms. The fourth-order valence-corrected chi connectivity index (χ4v) is 8.18. The van der Waals surface area contributed by atoms with Crippen molar-refractivity contribution in [2.24, 2.45) is 29.6 Å². The van der Waals surface area contributed by atoms with E-state index < -0.39 is 0 Å². The topological polar surface area (TPSA) is 46.9 Å². The number of aryl methyl sites for hydroxylation is 2. The average molecular weight is 516 g/mol. The van der Waals surface area contributed by atoms with E-state index in [1.54, 1.807) is 0 Å². The number of carbonyl (C=O) groups excluding carboxylic acids is 1. The molecule has 0 aliphatic heterocycles. The molecule has 0 unspecified atom stereocenters. The monoisotopic (exact) mass is 515 g/mol. The molecule has 0 radical (unpaired) electrons. The van der Waals surface area contributed by atoms with Gasteiger partial charge in [0.15, 0.2) is 5.69 Å². The number of amides is 1. The number of carbonyl (C=O) groups is 1. The number of benzene rings is 2. The Bertz CT molecular complexity index is 1260. The van der Waals surface area contributed by atoms with Crippen LogP contribution in [0.2, 0.25) is 5.02 Å². The summed E-state index contributed by atoms with van der Waals surface area (Å²) in [7, 11) is 0. The molecule has 5 heteroatoms. The molecule has 194 valence electrons. The fraction of sp³-hybridized carbons (Fsp3) is 0.500. The highest BCUT2D eigenvalue weighted by molar-refractivity contribution is 6.30. The van der Waals surface area contributed by atoms with Crippen LogP contribution in [-0.4, -0.2) is 22.2 Å². The van der Waals surface area contributed by atoms with Gasteiger partial charge in [-0.2, -0.15) is 5.10 Å². The molecule has 4 nitrogen and oxygen atoms in total. The molecule has 4 bridgehead atoms. The molecule has 1 heterocycles. The average Bonchev–Trinajstić information content (AvgIpc) is 3.19. The van der Waals surface area contributed by atoms with Crippen molar-refractivity contribution in [2.45, 2.75) is 65.7 Å². The molecule has 7 rings (SSSR count). The van der Waals surface area contributed by atoms with Crippen molar-refractivity contribution >= 4 is 17.5 Å². The van der Waals surface area contributed by atoms with Crippen LogP contribution in [0.5, 0.6) is 0 Å². The Morgan fingerprint density at radius 3 is 2.19 bits per heavy atom. The Balaban J connectivity index is 1.19. The second-order valence-electron chi connectivity index (χ2n) is 12.1. The number of rotatable bonds is 7. The van der Waals surface area contributed by atoms with E-state index in [0.29, 0.717) is 17.3 Å². The molecule has 0 atom stereocenters. The number of aromatic nitrogens is 2. The Hall–Kier alpha value is -2.59. The van der Waals surface area contributed by atoms with Gasteiger partial charge in [-0.3, -0.25) is 4.79 Å². The molecular weight excluding hydrogens is 478 g/mol. The zero-order valence-corrected chi connectivity index (χ0v) is 23.0. The van der Waals surface area contributed by atoms with Crippen molar-refractivity contribution in [3.63, 3.8) is 0 Å². The molecule has 2 aromatic carbocycles. The second kappa shape index (κ2) is 9.94. The molecule has 3 aromatic rings. The molecule has 1 amide bonds. The molecule has 4 fully saturated rings. The van der Waals surface area contributed by atoms with Crippen molar-refractivity contribution in [1.29, 1.82) is 0 Å². The Labute approximate surface area is 225 Å². The van der Waals surface area contributed by atoms with E-state index in [2.05, 4.69) is 37.4 Å². The lowest BCUT2D eigenvalue weighted by Crippen LogP contribution is -2.45. The van der Waals surface area contributed by atoms with E-state index in [0.717, 1.165) is 58.5 Å². The van der Waals surface area contributed by atoms with Crippen LogP contribution in [0.4, 0.5) is 0 Å². The Morgan fingerprint density at radius 1 is 0.946 bits per heavy atom. The van der Waals surface area contributed by atoms with Gasteiger partial charge in [-0.25, -0.2) is 4.68 Å². The summed E-state index contributed by atoms with van der Waals surface area (Å²) in [5, 5.41) is 8.75. The summed E-state index contributed by atoms with van der Waals surface area (Å²) in [5.74, 6) is 4.73. The van der Waals surface area contributed by atoms with Crippen molar-refractivity contribution in [1.82, 2.24) is 15.1 Å². The second-order valence-corrected chi connectivity index (χ2v) is 12.5. The largest absolute Gasteiger partial charge is 0.351 e. The molecule has 0 saturated heterocycles. The van der Waals surface area contributed by atoms with Crippen molar-refractivity contribution < 1.29 is 4.79 Å². The van der Waals surface area contributed by atoms with Crippen molar-refractivity contribution in [3.8, 4) is 16.9 Å². The molecule has 1 aromatic heterocycles. The standard InChI is InChI=1S/C32H38ClN3O/c1-19-11-20(2)13-28(12-19)36-31(24-6-8-27(33)9-7-24)21(3)30(35-36)32(37)34-10-4-5-29-25-15-22-14-23(17-25)18-26(29)16-22/h6-9,11-13,22-23,25-26,29H,4-5,10,14-18H2,1-3H3,(H,34,37). The highest BCUT2D eigenvalue weighted by Crippen LogP contribution is 2.57. The maximum absolute atomic E-state index is 13.4. The minimum atomic E-state index is -0.0825. The fourth-order valence-electron chi connectivity index (χ4n) is 8.05. The van der Waals surface area contributed by atoms with Gasteiger partial charge in [0.05, 0.1) is 11.4 Å². The molecule has 4 aliphatic rings. The first-order valence-corrected chi connectivity index (χ1v) is 14.5. The van der Waals surface area contributed by atoms with Crippen molar-refractivity contribution in [3.05, 3.63) is 69.9 Å². The molecule has 0 spiro atoms. The quantitative estimate of drug-likeness (QED) is 0.328. The summed E-state index contributed by atoms with van der Waals surface area (Å²) >= 11 is 6.17. The van der Waals surface area contributed by atoms with E-state index in [-0.39, 0.29) is 5.91 Å². The van der Waals surface area contributed by atoms with Crippen molar-refractivity contribution in [2.75, 3.05) is 6.54 Å². The highest BCUT2D eigenvalue weighted by Gasteiger charge is 2.47. The van der Waals surface area contributed by atoms with Crippen LogP contribution in [0, 0.1) is 50.4 Å². The summed E-state index contributed by atoms with van der Waals surface area (Å²) in [6, 6.07) is 14.2. The van der Waals surface area contributed by atoms with Crippen LogP contribution in [0.15, 0.2) is 42.5 Å². The maximum atomic E-state index is 13.4. The minimum Gasteiger partial charge on any atom is -0.351 e. The minimum absolute atomic E-state index is 0.0825. The first-order valence-electron chi connectivity index (χ1n) is 14.1. The molecule has 1 N–H and O–H groups in total. The lowest BCUT2D eigenvalue weighted by Gasteiger charge is -2.54. The predicted octanol–water partition coefficient (Wildman–Crippen LogP) is 7.70. The molecule has 4 aliphatic carbocycles. The third-order valence-electron chi connectivity index (χ3n) is 9.33. The lowest BCUT2D eigenvalue weighted by molar-refractivity contribution is -0.0401. The van der Waals surface area contributed by atoms with E-state index in [1.807, 2.05) is 35.9 Å². The van der Waals surface area contributed by atoms with Gasteiger partial charge in [-0.05, 0) is 131 Å². The molecular formula is C32H38ClN3O. The summed E-state index contributed by atoms with van der Waals surface area (Å²) in [6.45, 7) is 6.89. The number of nitrogens with one attached hydrogen (secondary N) is 1. The van der Waals surface area contributed by atoms with Gasteiger partial charge in [0.25, 0.3) is 5.91 Å². The zero-order chi connectivity index (χ0) is 25.7. The zero-order valence-electron chi connectivity index (χ0n) is 22.3. The Morgan fingerprint density at radius 2 is 1.57 bits per heavy atom. The van der Waals surface area contributed by atoms with Gasteiger partial charge in [-0.15, -0.1) is 0 Å². The SMILES string of the molecule is Cc1cc(C)cc(-n2nc(C(=O)NCCCC3C4CC5CC(C4)CC3C5)c(C)c2-c2ccc(Cl)cc2)c1. The number of hydrogen-bond acceptors (Lipinski definition) is 2. The van der Waals surface area contributed by atoms with E-state index in [9.17, 15) is 4.79 Å². The van der Waals surface area contributed by atoms with E-state index in [1.165, 1.54) is 49.7 Å². The van der Waals surface area contributed by atoms with Gasteiger partial charge < -0.3 is 5.32 Å². The number of nitrogens with zero attached hydrogens (tertiary/aromatic N) is 2. The first kappa shape index (κ1) is 24.7. The van der Waals surface area contributed by atoms with Gasteiger partial charge in [0.2, 0.25) is 0 Å². The number of hydrogen-bond donors (Lipinski definition) is 1. The van der Waals surface area contributed by atoms with Gasteiger partial charge in [-0.1, -0.05) is 29.8 Å². The van der Waals surface area contributed by atoms with E-state index >= 15 is 0 Å². The van der Waals surface area contributed by atoms with Gasteiger partial charge in [0.1, 0.15) is 0 Å². The highest BCUT2D eigenvalue weighted by atomic mass is 35.5. The third kappa shape index (κ3) is 4.85. The summed E-state index contributed by atoms with van der Waals surface area (Å²) in [6.07, 6.45) is 9.67. The summed E-state index contributed by atoms with van der Waals surface area (Å²) in [5.41, 5.74) is 6.61.